The molecule has 0 radical (unpaired) electrons. The van der Waals surface area contributed by atoms with Crippen molar-refractivity contribution in [1.82, 2.24) is 9.97 Å². The molecule has 2 heterocycles. The lowest BCUT2D eigenvalue weighted by Crippen LogP contribution is -2.34. The van der Waals surface area contributed by atoms with Gasteiger partial charge in [0.25, 0.3) is 0 Å². The Morgan fingerprint density at radius 2 is 2.24 bits per heavy atom. The zero-order valence-corrected chi connectivity index (χ0v) is 10.4. The van der Waals surface area contributed by atoms with Crippen molar-refractivity contribution in [3.05, 3.63) is 17.8 Å². The maximum Gasteiger partial charge on any atom is 0.326 e. The molecule has 0 fully saturated rings. The van der Waals surface area contributed by atoms with Crippen LogP contribution in [0.25, 0.3) is 10.2 Å². The van der Waals surface area contributed by atoms with Crippen molar-refractivity contribution in [2.24, 2.45) is 5.92 Å². The summed E-state index contributed by atoms with van der Waals surface area (Å²) in [5.41, 5.74) is 0.834. The van der Waals surface area contributed by atoms with Crippen LogP contribution in [0.2, 0.25) is 0 Å². The fourth-order valence-electron chi connectivity index (χ4n) is 1.55. The zero-order chi connectivity index (χ0) is 12.4. The van der Waals surface area contributed by atoms with Crippen molar-refractivity contribution >= 4 is 33.3 Å². The van der Waals surface area contributed by atoms with Crippen LogP contribution in [0.3, 0.4) is 0 Å². The Bertz CT molecular complexity index is 538. The average molecular weight is 251 g/mol. The third-order valence-corrected chi connectivity index (χ3v) is 3.38. The first-order valence-electron chi connectivity index (χ1n) is 5.27. The lowest BCUT2D eigenvalue weighted by molar-refractivity contribution is -0.138. The van der Waals surface area contributed by atoms with Crippen LogP contribution in [0.5, 0.6) is 0 Å². The Kier molecular flexibility index (Phi) is 3.23. The molecule has 6 heteroatoms. The molecule has 0 aliphatic carbocycles. The lowest BCUT2D eigenvalue weighted by Gasteiger charge is -2.18. The van der Waals surface area contributed by atoms with E-state index in [2.05, 4.69) is 15.3 Å². The van der Waals surface area contributed by atoms with Gasteiger partial charge in [0.1, 0.15) is 18.2 Å². The average Bonchev–Trinajstić information content (AvgIpc) is 2.73. The highest BCUT2D eigenvalue weighted by Crippen LogP contribution is 2.26. The molecule has 2 rings (SSSR count). The van der Waals surface area contributed by atoms with Crippen molar-refractivity contribution < 1.29 is 9.90 Å². The number of nitrogens with one attached hydrogen (secondary N) is 1. The van der Waals surface area contributed by atoms with Crippen LogP contribution in [0.4, 0.5) is 5.82 Å². The van der Waals surface area contributed by atoms with Crippen LogP contribution in [0.1, 0.15) is 13.8 Å². The van der Waals surface area contributed by atoms with Gasteiger partial charge in [0, 0.05) is 0 Å². The first-order chi connectivity index (χ1) is 8.09. The van der Waals surface area contributed by atoms with E-state index in [-0.39, 0.29) is 5.92 Å². The van der Waals surface area contributed by atoms with Gasteiger partial charge in [-0.1, -0.05) is 13.8 Å². The molecule has 0 amide bonds. The third kappa shape index (κ3) is 2.36. The number of thiophene rings is 1. The summed E-state index contributed by atoms with van der Waals surface area (Å²) in [7, 11) is 0. The number of anilines is 1. The predicted octanol–water partition coefficient (Wildman–Crippen LogP) is 2.21. The zero-order valence-electron chi connectivity index (χ0n) is 9.54. The number of carbonyl (C=O) groups is 1. The van der Waals surface area contributed by atoms with Crippen LogP contribution in [0, 0.1) is 5.92 Å². The highest BCUT2D eigenvalue weighted by atomic mass is 32.1. The SMILES string of the molecule is CC(C)[C@@H](Nc1ncnc2ccsc12)C(=O)O. The van der Waals surface area contributed by atoms with Gasteiger partial charge in [0.05, 0.1) is 10.2 Å². The van der Waals surface area contributed by atoms with Gasteiger partial charge in [-0.2, -0.15) is 0 Å². The van der Waals surface area contributed by atoms with Crippen LogP contribution in [-0.2, 0) is 4.79 Å². The fraction of sp³-hybridized carbons (Fsp3) is 0.364. The molecule has 1 atom stereocenters. The van der Waals surface area contributed by atoms with Crippen LogP contribution >= 0.6 is 11.3 Å². The van der Waals surface area contributed by atoms with Crippen molar-refractivity contribution in [2.45, 2.75) is 19.9 Å². The van der Waals surface area contributed by atoms with Gasteiger partial charge >= 0.3 is 5.97 Å². The maximum atomic E-state index is 11.1. The summed E-state index contributed by atoms with van der Waals surface area (Å²) in [5.74, 6) is -0.299. The number of carboxylic acids is 1. The van der Waals surface area contributed by atoms with Crippen LogP contribution < -0.4 is 5.32 Å². The molecule has 2 aromatic rings. The lowest BCUT2D eigenvalue weighted by atomic mass is 10.1. The molecule has 0 aromatic carbocycles. The number of rotatable bonds is 4. The summed E-state index contributed by atoms with van der Waals surface area (Å²) < 4.78 is 0.888. The molecule has 5 nitrogen and oxygen atoms in total. The Labute approximate surface area is 103 Å². The number of hydrogen-bond donors (Lipinski definition) is 2. The summed E-state index contributed by atoms with van der Waals surface area (Å²) >= 11 is 1.50. The van der Waals surface area contributed by atoms with Gasteiger partial charge in [0.2, 0.25) is 0 Å². The van der Waals surface area contributed by atoms with Crippen LogP contribution in [0.15, 0.2) is 17.8 Å². The summed E-state index contributed by atoms with van der Waals surface area (Å²) in [6, 6.07) is 1.24. The highest BCUT2D eigenvalue weighted by molar-refractivity contribution is 7.17. The van der Waals surface area contributed by atoms with E-state index in [9.17, 15) is 4.79 Å². The number of carboxylic acid groups (broad SMARTS) is 1. The van der Waals surface area contributed by atoms with Gasteiger partial charge in [-0.15, -0.1) is 11.3 Å². The standard InChI is InChI=1S/C11H13N3O2S/c1-6(2)8(11(15)16)14-10-9-7(3-4-17-9)12-5-13-10/h3-6,8H,1-2H3,(H,15,16)(H,12,13,14)/t8-/m1/s1. The van der Waals surface area contributed by atoms with Crippen LogP contribution in [-0.4, -0.2) is 27.1 Å². The Morgan fingerprint density at radius 3 is 2.88 bits per heavy atom. The molecular weight excluding hydrogens is 238 g/mol. The van der Waals surface area contributed by atoms with E-state index in [4.69, 9.17) is 5.11 Å². The van der Waals surface area contributed by atoms with E-state index in [1.165, 1.54) is 17.7 Å². The van der Waals surface area contributed by atoms with Crippen molar-refractivity contribution in [1.29, 1.82) is 0 Å². The van der Waals surface area contributed by atoms with Gasteiger partial charge in [-0.05, 0) is 17.4 Å². The van der Waals surface area contributed by atoms with Gasteiger partial charge in [0.15, 0.2) is 0 Å². The smallest absolute Gasteiger partial charge is 0.326 e. The first-order valence-corrected chi connectivity index (χ1v) is 6.15. The maximum absolute atomic E-state index is 11.1. The molecular formula is C11H13N3O2S. The summed E-state index contributed by atoms with van der Waals surface area (Å²) in [4.78, 5) is 19.3. The molecule has 2 N–H and O–H groups in total. The molecule has 0 saturated carbocycles. The van der Waals surface area contributed by atoms with Gasteiger partial charge < -0.3 is 10.4 Å². The minimum Gasteiger partial charge on any atom is -0.480 e. The molecule has 90 valence electrons. The number of aliphatic carboxylic acids is 1. The fourth-order valence-corrected chi connectivity index (χ4v) is 2.35. The van der Waals surface area contributed by atoms with E-state index in [1.807, 2.05) is 25.3 Å². The van der Waals surface area contributed by atoms with E-state index in [0.29, 0.717) is 5.82 Å². The molecule has 0 aliphatic rings. The van der Waals surface area contributed by atoms with E-state index < -0.39 is 12.0 Å². The topological polar surface area (TPSA) is 75.1 Å². The molecule has 17 heavy (non-hydrogen) atoms. The van der Waals surface area contributed by atoms with Crippen molar-refractivity contribution in [2.75, 3.05) is 5.32 Å². The largest absolute Gasteiger partial charge is 0.480 e. The summed E-state index contributed by atoms with van der Waals surface area (Å²) in [6.07, 6.45) is 1.44. The minimum atomic E-state index is -0.872. The molecule has 0 aliphatic heterocycles. The van der Waals surface area contributed by atoms with Gasteiger partial charge in [-0.3, -0.25) is 0 Å². The van der Waals surface area contributed by atoms with E-state index >= 15 is 0 Å². The van der Waals surface area contributed by atoms with Crippen molar-refractivity contribution in [3.63, 3.8) is 0 Å². The number of nitrogens with zero attached hydrogens (tertiary/aromatic N) is 2. The Balaban J connectivity index is 2.34. The molecule has 0 unspecified atom stereocenters. The monoisotopic (exact) mass is 251 g/mol. The molecule has 0 bridgehead atoms. The molecule has 2 aromatic heterocycles. The Morgan fingerprint density at radius 1 is 1.47 bits per heavy atom. The van der Waals surface area contributed by atoms with Gasteiger partial charge in [-0.25, -0.2) is 14.8 Å². The minimum absolute atomic E-state index is 0.0162. The second-order valence-corrected chi connectivity index (χ2v) is 4.98. The number of hydrogen-bond acceptors (Lipinski definition) is 5. The molecule has 0 saturated heterocycles. The second kappa shape index (κ2) is 4.67. The first kappa shape index (κ1) is 11.8. The quantitative estimate of drug-likeness (QED) is 0.871. The van der Waals surface area contributed by atoms with Crippen molar-refractivity contribution in [3.8, 4) is 0 Å². The summed E-state index contributed by atoms with van der Waals surface area (Å²) in [6.45, 7) is 3.72. The number of fused-ring (bicyclic) bond motifs is 1. The number of aromatic nitrogens is 2. The Hall–Kier alpha value is -1.69. The van der Waals surface area contributed by atoms with E-state index in [1.54, 1.807) is 0 Å². The molecule has 0 spiro atoms. The second-order valence-electron chi connectivity index (χ2n) is 4.06. The highest BCUT2D eigenvalue weighted by Gasteiger charge is 2.22. The normalized spacial score (nSPS) is 12.9. The summed E-state index contributed by atoms with van der Waals surface area (Å²) in [5, 5.41) is 14.0. The van der Waals surface area contributed by atoms with E-state index in [0.717, 1.165) is 10.2 Å². The predicted molar refractivity (Wildman–Crippen MR) is 67.3 cm³/mol. The third-order valence-electron chi connectivity index (χ3n) is 2.47.